The summed E-state index contributed by atoms with van der Waals surface area (Å²) in [6, 6.07) is -0.0620. The fourth-order valence-corrected chi connectivity index (χ4v) is 2.19. The summed E-state index contributed by atoms with van der Waals surface area (Å²) in [5.41, 5.74) is 0.109. The van der Waals surface area contributed by atoms with E-state index in [1.807, 2.05) is 6.92 Å². The molecule has 1 aliphatic heterocycles. The number of carbonyl (C=O) groups excluding carboxylic acids is 1. The van der Waals surface area contributed by atoms with Gasteiger partial charge in [0.25, 0.3) is 5.56 Å². The second kappa shape index (κ2) is 5.26. The van der Waals surface area contributed by atoms with Crippen LogP contribution in [-0.2, 0) is 4.74 Å². The van der Waals surface area contributed by atoms with E-state index in [0.29, 0.717) is 24.2 Å². The van der Waals surface area contributed by atoms with E-state index in [1.165, 1.54) is 10.8 Å². The smallest absolute Gasteiger partial charge is 0.345 e. The zero-order chi connectivity index (χ0) is 14.0. The first-order valence-corrected chi connectivity index (χ1v) is 6.22. The average molecular weight is 264 g/mol. The first-order valence-electron chi connectivity index (χ1n) is 6.22. The van der Waals surface area contributed by atoms with Crippen molar-refractivity contribution in [3.63, 3.8) is 0 Å². The van der Waals surface area contributed by atoms with Crippen molar-refractivity contribution in [3.8, 4) is 0 Å². The number of esters is 1. The molecule has 102 valence electrons. The Hall–Kier alpha value is -2.11. The van der Waals surface area contributed by atoms with Gasteiger partial charge in [-0.15, -0.1) is 0 Å². The lowest BCUT2D eigenvalue weighted by Gasteiger charge is -2.25. The van der Waals surface area contributed by atoms with Gasteiger partial charge in [0.15, 0.2) is 0 Å². The van der Waals surface area contributed by atoms with Crippen LogP contribution in [0.25, 0.3) is 5.57 Å². The van der Waals surface area contributed by atoms with Gasteiger partial charge >= 0.3 is 5.97 Å². The minimum atomic E-state index is -0.664. The van der Waals surface area contributed by atoms with Gasteiger partial charge < -0.3 is 9.84 Å². The average Bonchev–Trinajstić information content (AvgIpc) is 2.39. The van der Waals surface area contributed by atoms with E-state index in [4.69, 9.17) is 9.84 Å². The van der Waals surface area contributed by atoms with Gasteiger partial charge in [-0.3, -0.25) is 9.36 Å². The number of hydrogen-bond acceptors (Lipinski definition) is 5. The molecule has 6 nitrogen and oxygen atoms in total. The number of rotatable bonds is 2. The maximum atomic E-state index is 12.3. The van der Waals surface area contributed by atoms with Crippen molar-refractivity contribution in [1.29, 1.82) is 0 Å². The first-order chi connectivity index (χ1) is 9.10. The standard InChI is InChI=1S/C13H16N2O4/c1-3-19-13(18)10-6-14-11-9(7-16)5-4-8(2)15(11)12(10)17/h6-8,16H,3-5H2,1-2H3. The summed E-state index contributed by atoms with van der Waals surface area (Å²) in [4.78, 5) is 28.1. The van der Waals surface area contributed by atoms with E-state index < -0.39 is 11.5 Å². The second-order valence-corrected chi connectivity index (χ2v) is 4.43. The molecule has 1 atom stereocenters. The number of fused-ring (bicyclic) bond motifs is 1. The molecule has 0 radical (unpaired) electrons. The number of aliphatic hydroxyl groups excluding tert-OH is 1. The van der Waals surface area contributed by atoms with Gasteiger partial charge in [-0.05, 0) is 26.7 Å². The van der Waals surface area contributed by atoms with Crippen molar-refractivity contribution < 1.29 is 14.6 Å². The van der Waals surface area contributed by atoms with Gasteiger partial charge in [0.2, 0.25) is 0 Å². The zero-order valence-electron chi connectivity index (χ0n) is 10.9. The molecule has 0 aromatic carbocycles. The van der Waals surface area contributed by atoms with Gasteiger partial charge in [0.1, 0.15) is 11.4 Å². The van der Waals surface area contributed by atoms with E-state index in [2.05, 4.69) is 4.98 Å². The molecule has 0 fully saturated rings. The first kappa shape index (κ1) is 13.3. The predicted molar refractivity (Wildman–Crippen MR) is 69.0 cm³/mol. The summed E-state index contributed by atoms with van der Waals surface area (Å²) in [7, 11) is 0. The molecule has 0 saturated carbocycles. The summed E-state index contributed by atoms with van der Waals surface area (Å²) in [6.07, 6.45) is 3.55. The lowest BCUT2D eigenvalue weighted by molar-refractivity contribution is 0.0522. The van der Waals surface area contributed by atoms with Crippen molar-refractivity contribution in [2.45, 2.75) is 32.7 Å². The number of allylic oxidation sites excluding steroid dienone is 1. The Morgan fingerprint density at radius 1 is 1.68 bits per heavy atom. The van der Waals surface area contributed by atoms with E-state index in [9.17, 15) is 9.59 Å². The van der Waals surface area contributed by atoms with Crippen molar-refractivity contribution in [3.05, 3.63) is 34.2 Å². The number of carbonyl (C=O) groups is 1. The number of hydrogen-bond donors (Lipinski definition) is 1. The molecule has 19 heavy (non-hydrogen) atoms. The summed E-state index contributed by atoms with van der Waals surface area (Å²) in [6.45, 7) is 3.77. The maximum absolute atomic E-state index is 12.3. The molecule has 0 amide bonds. The highest BCUT2D eigenvalue weighted by atomic mass is 16.5. The Kier molecular flexibility index (Phi) is 3.69. The quantitative estimate of drug-likeness (QED) is 0.649. The van der Waals surface area contributed by atoms with Crippen LogP contribution in [0.5, 0.6) is 0 Å². The fourth-order valence-electron chi connectivity index (χ4n) is 2.19. The van der Waals surface area contributed by atoms with Gasteiger partial charge in [-0.2, -0.15) is 0 Å². The van der Waals surface area contributed by atoms with Crippen molar-refractivity contribution in [1.82, 2.24) is 9.55 Å². The van der Waals surface area contributed by atoms with Crippen molar-refractivity contribution in [2.75, 3.05) is 6.61 Å². The minimum Gasteiger partial charge on any atom is -0.515 e. The molecule has 0 saturated heterocycles. The van der Waals surface area contributed by atoms with E-state index in [1.54, 1.807) is 6.92 Å². The fraction of sp³-hybridized carbons (Fsp3) is 0.462. The topological polar surface area (TPSA) is 81.4 Å². The van der Waals surface area contributed by atoms with E-state index in [0.717, 1.165) is 6.26 Å². The maximum Gasteiger partial charge on any atom is 0.345 e. The summed E-state index contributed by atoms with van der Waals surface area (Å²) in [5.74, 6) is -0.248. The van der Waals surface area contributed by atoms with Crippen LogP contribution in [0.4, 0.5) is 0 Å². The van der Waals surface area contributed by atoms with Crippen LogP contribution < -0.4 is 5.56 Å². The molecule has 1 aliphatic rings. The highest BCUT2D eigenvalue weighted by molar-refractivity contribution is 5.88. The molecule has 2 heterocycles. The Morgan fingerprint density at radius 3 is 3.05 bits per heavy atom. The molecule has 1 N–H and O–H groups in total. The molecule has 0 aliphatic carbocycles. The van der Waals surface area contributed by atoms with Crippen LogP contribution in [-0.4, -0.2) is 27.2 Å². The molecular formula is C13H16N2O4. The largest absolute Gasteiger partial charge is 0.515 e. The number of aliphatic hydroxyl groups is 1. The summed E-state index contributed by atoms with van der Waals surface area (Å²) >= 11 is 0. The lowest BCUT2D eigenvalue weighted by Crippen LogP contribution is -2.34. The van der Waals surface area contributed by atoms with Crippen molar-refractivity contribution >= 4 is 11.5 Å². The van der Waals surface area contributed by atoms with Crippen LogP contribution >= 0.6 is 0 Å². The predicted octanol–water partition coefficient (Wildman–Crippen LogP) is 1.67. The molecule has 1 unspecified atom stereocenters. The molecule has 0 bridgehead atoms. The molecule has 2 rings (SSSR count). The van der Waals surface area contributed by atoms with Crippen LogP contribution in [0.15, 0.2) is 17.3 Å². The van der Waals surface area contributed by atoms with Crippen LogP contribution in [0, 0.1) is 0 Å². The lowest BCUT2D eigenvalue weighted by atomic mass is 10.0. The Bertz CT molecular complexity index is 589. The SMILES string of the molecule is CCOC(=O)c1cnc2n(c1=O)C(C)CCC2=CO. The number of ether oxygens (including phenoxy) is 1. The monoisotopic (exact) mass is 264 g/mol. The molecule has 6 heteroatoms. The second-order valence-electron chi connectivity index (χ2n) is 4.43. The third kappa shape index (κ3) is 2.25. The minimum absolute atomic E-state index is 0.0620. The van der Waals surface area contributed by atoms with Crippen LogP contribution in [0.3, 0.4) is 0 Å². The highest BCUT2D eigenvalue weighted by Gasteiger charge is 2.25. The highest BCUT2D eigenvalue weighted by Crippen LogP contribution is 2.29. The number of aromatic nitrogens is 2. The summed E-state index contributed by atoms with van der Waals surface area (Å²) in [5, 5.41) is 9.17. The molecule has 1 aromatic rings. The normalized spacial score (nSPS) is 20.1. The zero-order valence-corrected chi connectivity index (χ0v) is 10.9. The third-order valence-electron chi connectivity index (χ3n) is 3.20. The third-order valence-corrected chi connectivity index (χ3v) is 3.20. The van der Waals surface area contributed by atoms with Gasteiger partial charge in [-0.1, -0.05) is 0 Å². The van der Waals surface area contributed by atoms with Crippen LogP contribution in [0.1, 0.15) is 48.9 Å². The van der Waals surface area contributed by atoms with E-state index in [-0.39, 0.29) is 18.2 Å². The Morgan fingerprint density at radius 2 is 2.42 bits per heavy atom. The molecular weight excluding hydrogens is 248 g/mol. The van der Waals surface area contributed by atoms with Gasteiger partial charge in [0, 0.05) is 17.8 Å². The van der Waals surface area contributed by atoms with Gasteiger partial charge in [0.05, 0.1) is 12.9 Å². The van der Waals surface area contributed by atoms with E-state index >= 15 is 0 Å². The summed E-state index contributed by atoms with van der Waals surface area (Å²) < 4.78 is 6.27. The van der Waals surface area contributed by atoms with Crippen LogP contribution in [0.2, 0.25) is 0 Å². The van der Waals surface area contributed by atoms with Crippen molar-refractivity contribution in [2.24, 2.45) is 0 Å². The Balaban J connectivity index is 2.58. The molecule has 0 spiro atoms. The Labute approximate surface area is 110 Å². The molecule has 1 aromatic heterocycles. The number of nitrogens with zero attached hydrogens (tertiary/aromatic N) is 2. The van der Waals surface area contributed by atoms with Gasteiger partial charge in [-0.25, -0.2) is 9.78 Å².